The Morgan fingerprint density at radius 2 is 1.80 bits per heavy atom. The number of nitrogen functional groups attached to an aromatic ring is 1. The van der Waals surface area contributed by atoms with Crippen molar-refractivity contribution < 1.29 is 0 Å². The smallest absolute Gasteiger partial charge is 0.238 e. The molecule has 4 aromatic rings. The summed E-state index contributed by atoms with van der Waals surface area (Å²) in [7, 11) is 0. The Morgan fingerprint density at radius 3 is 2.52 bits per heavy atom. The van der Waals surface area contributed by atoms with Crippen LogP contribution in [-0.2, 0) is 6.42 Å². The van der Waals surface area contributed by atoms with Crippen LogP contribution in [0.3, 0.4) is 0 Å². The lowest BCUT2D eigenvalue weighted by atomic mass is 10.0. The Balaban J connectivity index is 0.000000347. The normalized spacial score (nSPS) is 13.5. The third kappa shape index (κ3) is 2.93. The first-order valence-electron chi connectivity index (χ1n) is 8.68. The third-order valence-corrected chi connectivity index (χ3v) is 4.55. The van der Waals surface area contributed by atoms with E-state index in [1.165, 1.54) is 25.7 Å². The van der Waals surface area contributed by atoms with Gasteiger partial charge in [-0.25, -0.2) is 19.5 Å². The highest BCUT2D eigenvalue weighted by molar-refractivity contribution is 5.79. The molecule has 7 heteroatoms. The highest BCUT2D eigenvalue weighted by atomic mass is 15.3. The van der Waals surface area contributed by atoms with Crippen molar-refractivity contribution >= 4 is 17.2 Å². The molecule has 0 spiro atoms. The molecular weight excluding hydrogens is 314 g/mol. The second-order valence-electron chi connectivity index (χ2n) is 6.21. The highest BCUT2D eigenvalue weighted by Gasteiger charge is 2.10. The van der Waals surface area contributed by atoms with Crippen LogP contribution in [0.25, 0.3) is 22.4 Å². The lowest BCUT2D eigenvalue weighted by Gasteiger charge is -2.05. The fraction of sp³-hybridized carbons (Fsp3) is 0.333. The van der Waals surface area contributed by atoms with Crippen LogP contribution in [0.2, 0.25) is 0 Å². The predicted octanol–water partition coefficient (Wildman–Crippen LogP) is 3.14. The van der Waals surface area contributed by atoms with Gasteiger partial charge in [0.25, 0.3) is 0 Å². The van der Waals surface area contributed by atoms with Crippen LogP contribution < -0.4 is 5.73 Å². The molecule has 0 bridgehead atoms. The van der Waals surface area contributed by atoms with Gasteiger partial charge in [0, 0.05) is 35.4 Å². The Bertz CT molecular complexity index is 1010. The maximum atomic E-state index is 5.60. The number of aryl methyl sites for hydroxylation is 1. The number of nitrogens with two attached hydrogens (primary N) is 1. The number of hydrogen-bond acceptors (Lipinski definition) is 5. The van der Waals surface area contributed by atoms with Crippen molar-refractivity contribution in [2.45, 2.75) is 39.0 Å². The first-order chi connectivity index (χ1) is 12.3. The van der Waals surface area contributed by atoms with Crippen LogP contribution >= 0.6 is 0 Å². The molecule has 4 heterocycles. The fourth-order valence-electron chi connectivity index (χ4n) is 2.73. The van der Waals surface area contributed by atoms with Crippen molar-refractivity contribution in [1.82, 2.24) is 29.0 Å². The van der Waals surface area contributed by atoms with E-state index in [2.05, 4.69) is 27.0 Å². The van der Waals surface area contributed by atoms with Crippen molar-refractivity contribution in [1.29, 1.82) is 0 Å². The molecule has 1 saturated carbocycles. The number of anilines is 1. The van der Waals surface area contributed by atoms with Crippen molar-refractivity contribution in [3.63, 3.8) is 0 Å². The summed E-state index contributed by atoms with van der Waals surface area (Å²) in [5.74, 6) is 0.959. The van der Waals surface area contributed by atoms with Gasteiger partial charge in [0.2, 0.25) is 11.7 Å². The fourth-order valence-corrected chi connectivity index (χ4v) is 2.73. The van der Waals surface area contributed by atoms with Crippen molar-refractivity contribution in [3.05, 3.63) is 42.7 Å². The maximum Gasteiger partial charge on any atom is 0.238 e. The standard InChI is InChI=1S/C14H13N7.C4H8/c1-2-10-6-18-14-17-5-9(8-20(10)14)11-3-4-21-12(11)7-16-13(15)19-21;1-2-4-3-1/h3-8H,2H2,1H3,(H2,15,19);1-4H2. The van der Waals surface area contributed by atoms with Crippen LogP contribution in [0.15, 0.2) is 37.1 Å². The van der Waals surface area contributed by atoms with Gasteiger partial charge < -0.3 is 5.73 Å². The van der Waals surface area contributed by atoms with Gasteiger partial charge in [-0.3, -0.25) is 4.40 Å². The van der Waals surface area contributed by atoms with E-state index >= 15 is 0 Å². The Labute approximate surface area is 145 Å². The SMILES string of the molecule is C1CCC1.CCc1cnc2ncc(-c3ccn4nc(N)ncc34)cn12. The first-order valence-corrected chi connectivity index (χ1v) is 8.68. The van der Waals surface area contributed by atoms with Crippen molar-refractivity contribution in [2.75, 3.05) is 5.73 Å². The van der Waals surface area contributed by atoms with Crippen LogP contribution in [-0.4, -0.2) is 29.0 Å². The Hall–Kier alpha value is -2.96. The summed E-state index contributed by atoms with van der Waals surface area (Å²) in [6, 6.07) is 1.98. The number of rotatable bonds is 2. The minimum atomic E-state index is 0.251. The van der Waals surface area contributed by atoms with Crippen LogP contribution in [0.1, 0.15) is 38.3 Å². The molecule has 0 unspecified atom stereocenters. The van der Waals surface area contributed by atoms with E-state index < -0.39 is 0 Å². The lowest BCUT2D eigenvalue weighted by Crippen LogP contribution is -1.99. The molecule has 0 amide bonds. The number of nitrogens with zero attached hydrogens (tertiary/aromatic N) is 6. The Kier molecular flexibility index (Phi) is 4.05. The molecule has 0 saturated heterocycles. The molecule has 0 aromatic carbocycles. The number of fused-ring (bicyclic) bond motifs is 2. The molecule has 0 atom stereocenters. The number of imidazole rings is 1. The van der Waals surface area contributed by atoms with Gasteiger partial charge in [-0.15, -0.1) is 5.10 Å². The molecule has 0 radical (unpaired) electrons. The van der Waals surface area contributed by atoms with E-state index in [9.17, 15) is 0 Å². The zero-order valence-electron chi connectivity index (χ0n) is 14.3. The molecular formula is C18H21N7. The number of aromatic nitrogens is 6. The van der Waals surface area contributed by atoms with E-state index in [0.29, 0.717) is 5.78 Å². The van der Waals surface area contributed by atoms with E-state index in [0.717, 1.165) is 28.8 Å². The van der Waals surface area contributed by atoms with E-state index in [4.69, 9.17) is 5.73 Å². The summed E-state index contributed by atoms with van der Waals surface area (Å²) >= 11 is 0. The second kappa shape index (κ2) is 6.51. The van der Waals surface area contributed by atoms with Gasteiger partial charge in [-0.2, -0.15) is 0 Å². The van der Waals surface area contributed by atoms with Crippen LogP contribution in [0.4, 0.5) is 5.95 Å². The molecule has 25 heavy (non-hydrogen) atoms. The minimum absolute atomic E-state index is 0.251. The molecule has 0 aliphatic heterocycles. The van der Waals surface area contributed by atoms with Gasteiger partial charge in [0.1, 0.15) is 0 Å². The third-order valence-electron chi connectivity index (χ3n) is 4.55. The van der Waals surface area contributed by atoms with E-state index in [1.807, 2.05) is 35.3 Å². The summed E-state index contributed by atoms with van der Waals surface area (Å²) in [5.41, 5.74) is 9.63. The molecule has 2 N–H and O–H groups in total. The molecule has 1 aliphatic carbocycles. The second-order valence-corrected chi connectivity index (χ2v) is 6.21. The van der Waals surface area contributed by atoms with Crippen molar-refractivity contribution in [3.8, 4) is 11.1 Å². The Morgan fingerprint density at radius 1 is 1.04 bits per heavy atom. The maximum absolute atomic E-state index is 5.60. The monoisotopic (exact) mass is 335 g/mol. The highest BCUT2D eigenvalue weighted by Crippen LogP contribution is 2.25. The summed E-state index contributed by atoms with van der Waals surface area (Å²) in [6.07, 6.45) is 16.2. The molecule has 7 nitrogen and oxygen atoms in total. The average molecular weight is 335 g/mol. The van der Waals surface area contributed by atoms with Gasteiger partial charge >= 0.3 is 0 Å². The largest absolute Gasteiger partial charge is 0.367 e. The zero-order valence-corrected chi connectivity index (χ0v) is 14.3. The molecule has 128 valence electrons. The van der Waals surface area contributed by atoms with Crippen molar-refractivity contribution in [2.24, 2.45) is 0 Å². The molecule has 1 aliphatic rings. The minimum Gasteiger partial charge on any atom is -0.367 e. The van der Waals surface area contributed by atoms with Gasteiger partial charge in [0.15, 0.2) is 0 Å². The summed E-state index contributed by atoms with van der Waals surface area (Å²) in [4.78, 5) is 12.8. The topological polar surface area (TPSA) is 86.4 Å². The van der Waals surface area contributed by atoms with Gasteiger partial charge in [-0.05, 0) is 12.5 Å². The molecule has 1 fully saturated rings. The quantitative estimate of drug-likeness (QED) is 0.608. The average Bonchev–Trinajstić information content (AvgIpc) is 3.15. The zero-order chi connectivity index (χ0) is 17.2. The van der Waals surface area contributed by atoms with Crippen LogP contribution in [0, 0.1) is 0 Å². The lowest BCUT2D eigenvalue weighted by molar-refractivity contribution is 0.504. The van der Waals surface area contributed by atoms with Gasteiger partial charge in [-0.1, -0.05) is 32.6 Å². The summed E-state index contributed by atoms with van der Waals surface area (Å²) in [6.45, 7) is 2.10. The summed E-state index contributed by atoms with van der Waals surface area (Å²) < 4.78 is 3.73. The predicted molar refractivity (Wildman–Crippen MR) is 97.2 cm³/mol. The summed E-state index contributed by atoms with van der Waals surface area (Å²) in [5, 5.41) is 4.15. The first kappa shape index (κ1) is 15.6. The van der Waals surface area contributed by atoms with Crippen LogP contribution in [0.5, 0.6) is 0 Å². The van der Waals surface area contributed by atoms with E-state index in [-0.39, 0.29) is 5.95 Å². The van der Waals surface area contributed by atoms with Gasteiger partial charge in [0.05, 0.1) is 17.9 Å². The molecule has 4 aromatic heterocycles. The van der Waals surface area contributed by atoms with E-state index in [1.54, 1.807) is 10.7 Å². The molecule has 5 rings (SSSR count). The number of hydrogen-bond donors (Lipinski definition) is 1.